The van der Waals surface area contributed by atoms with Crippen LogP contribution < -0.4 is 15.9 Å². The topological polar surface area (TPSA) is 95.1 Å². The maximum Gasteiger partial charge on any atom is 0.234 e. The molecule has 3 N–H and O–H groups in total. The molecule has 0 aliphatic carbocycles. The predicted octanol–water partition coefficient (Wildman–Crippen LogP) is 2.44. The van der Waals surface area contributed by atoms with Crippen LogP contribution in [-0.4, -0.2) is 26.5 Å². The number of hydrogen-bond acceptors (Lipinski definition) is 6. The Morgan fingerprint density at radius 3 is 2.65 bits per heavy atom. The molecule has 3 aromatic rings. The third kappa shape index (κ3) is 4.51. The fourth-order valence-corrected chi connectivity index (χ4v) is 2.73. The number of nitrogens with one attached hydrogen (secondary N) is 1. The third-order valence-corrected chi connectivity index (χ3v) is 4.26. The van der Waals surface area contributed by atoms with Crippen LogP contribution in [-0.2, 0) is 11.4 Å². The van der Waals surface area contributed by atoms with E-state index in [1.54, 1.807) is 24.3 Å². The molecular weight excluding hydrogens is 357 g/mol. The second kappa shape index (κ2) is 8.34. The Morgan fingerprint density at radius 2 is 1.88 bits per heavy atom. The van der Waals surface area contributed by atoms with Gasteiger partial charge in [0.25, 0.3) is 0 Å². The molecule has 0 aliphatic heterocycles. The second-order valence-electron chi connectivity index (χ2n) is 5.19. The van der Waals surface area contributed by atoms with Crippen molar-refractivity contribution in [3.8, 4) is 5.75 Å². The maximum absolute atomic E-state index is 13.5. The standard InChI is InChI=1S/C17H16FN5O2S/c18-13-8-4-5-9-14(13)25-10-15-21-22-17(23(15)19)26-11-16(24)20-12-6-2-1-3-7-12/h1-9H,10-11,19H2,(H,20,24). The van der Waals surface area contributed by atoms with Gasteiger partial charge >= 0.3 is 0 Å². The van der Waals surface area contributed by atoms with Gasteiger partial charge in [-0.25, -0.2) is 9.07 Å². The van der Waals surface area contributed by atoms with Crippen molar-refractivity contribution < 1.29 is 13.9 Å². The van der Waals surface area contributed by atoms with E-state index in [4.69, 9.17) is 10.6 Å². The Kier molecular flexibility index (Phi) is 5.69. The summed E-state index contributed by atoms with van der Waals surface area (Å²) >= 11 is 1.14. The van der Waals surface area contributed by atoms with Crippen LogP contribution in [0, 0.1) is 5.82 Å². The van der Waals surface area contributed by atoms with E-state index < -0.39 is 5.82 Å². The molecule has 0 aliphatic rings. The van der Waals surface area contributed by atoms with Crippen LogP contribution in [0.25, 0.3) is 0 Å². The number of carbonyl (C=O) groups is 1. The first kappa shape index (κ1) is 17.7. The smallest absolute Gasteiger partial charge is 0.234 e. The number of nitrogen functional groups attached to an aromatic ring is 1. The van der Waals surface area contributed by atoms with Gasteiger partial charge in [-0.15, -0.1) is 10.2 Å². The number of hydrogen-bond donors (Lipinski definition) is 2. The van der Waals surface area contributed by atoms with Crippen LogP contribution in [0.2, 0.25) is 0 Å². The average molecular weight is 373 g/mol. The third-order valence-electron chi connectivity index (χ3n) is 3.32. The molecule has 0 fully saturated rings. The molecule has 26 heavy (non-hydrogen) atoms. The number of nitrogens with two attached hydrogens (primary N) is 1. The fourth-order valence-electron chi connectivity index (χ4n) is 2.06. The molecule has 134 valence electrons. The highest BCUT2D eigenvalue weighted by Crippen LogP contribution is 2.19. The molecule has 9 heteroatoms. The van der Waals surface area contributed by atoms with Crippen molar-refractivity contribution in [2.75, 3.05) is 16.9 Å². The highest BCUT2D eigenvalue weighted by molar-refractivity contribution is 7.99. The van der Waals surface area contributed by atoms with E-state index >= 15 is 0 Å². The van der Waals surface area contributed by atoms with E-state index in [2.05, 4.69) is 15.5 Å². The predicted molar refractivity (Wildman–Crippen MR) is 96.7 cm³/mol. The van der Waals surface area contributed by atoms with E-state index in [0.717, 1.165) is 11.8 Å². The lowest BCUT2D eigenvalue weighted by atomic mass is 10.3. The molecule has 0 radical (unpaired) electrons. The number of thioether (sulfide) groups is 1. The van der Waals surface area contributed by atoms with Crippen molar-refractivity contribution in [3.63, 3.8) is 0 Å². The van der Waals surface area contributed by atoms with Gasteiger partial charge in [-0.2, -0.15) is 0 Å². The minimum absolute atomic E-state index is 0.0405. The van der Waals surface area contributed by atoms with Crippen molar-refractivity contribution in [1.82, 2.24) is 14.9 Å². The molecule has 0 unspecified atom stereocenters. The zero-order chi connectivity index (χ0) is 18.4. The molecule has 1 amide bonds. The summed E-state index contributed by atoms with van der Waals surface area (Å²) < 4.78 is 20.1. The SMILES string of the molecule is Nn1c(COc2ccccc2F)nnc1SCC(=O)Nc1ccccc1. The molecule has 7 nitrogen and oxygen atoms in total. The zero-order valence-electron chi connectivity index (χ0n) is 13.6. The van der Waals surface area contributed by atoms with Gasteiger partial charge in [0.2, 0.25) is 11.1 Å². The van der Waals surface area contributed by atoms with Crippen LogP contribution in [0.3, 0.4) is 0 Å². The van der Waals surface area contributed by atoms with Crippen molar-refractivity contribution in [2.45, 2.75) is 11.8 Å². The van der Waals surface area contributed by atoms with Crippen molar-refractivity contribution in [2.24, 2.45) is 0 Å². The summed E-state index contributed by atoms with van der Waals surface area (Å²) in [6, 6.07) is 15.2. The fraction of sp³-hybridized carbons (Fsp3) is 0.118. The lowest BCUT2D eigenvalue weighted by Gasteiger charge is -2.07. The Bertz CT molecular complexity index is 888. The summed E-state index contributed by atoms with van der Waals surface area (Å²) in [4.78, 5) is 12.0. The van der Waals surface area contributed by atoms with Crippen molar-refractivity contribution >= 4 is 23.4 Å². The minimum Gasteiger partial charge on any atom is -0.482 e. The van der Waals surface area contributed by atoms with Crippen LogP contribution >= 0.6 is 11.8 Å². The molecule has 2 aromatic carbocycles. The van der Waals surface area contributed by atoms with E-state index in [1.807, 2.05) is 18.2 Å². The van der Waals surface area contributed by atoms with E-state index in [0.29, 0.717) is 16.7 Å². The Hall–Kier alpha value is -3.07. The molecule has 0 saturated heterocycles. The summed E-state index contributed by atoms with van der Waals surface area (Å²) in [6.45, 7) is -0.0405. The molecule has 1 aromatic heterocycles. The first-order valence-electron chi connectivity index (χ1n) is 7.68. The van der Waals surface area contributed by atoms with Gasteiger partial charge in [-0.1, -0.05) is 42.1 Å². The summed E-state index contributed by atoms with van der Waals surface area (Å²) in [6.07, 6.45) is 0. The first-order valence-corrected chi connectivity index (χ1v) is 8.66. The quantitative estimate of drug-likeness (QED) is 0.488. The van der Waals surface area contributed by atoms with Crippen LogP contribution in [0.4, 0.5) is 10.1 Å². The van der Waals surface area contributed by atoms with Gasteiger partial charge < -0.3 is 15.9 Å². The van der Waals surface area contributed by atoms with Crippen LogP contribution in [0.1, 0.15) is 5.82 Å². The summed E-state index contributed by atoms with van der Waals surface area (Å²) in [5, 5.41) is 11.0. The molecule has 1 heterocycles. The Labute approximate surface area is 153 Å². The number of ether oxygens (including phenoxy) is 1. The van der Waals surface area contributed by atoms with Gasteiger partial charge in [-0.05, 0) is 24.3 Å². The van der Waals surface area contributed by atoms with E-state index in [9.17, 15) is 9.18 Å². The minimum atomic E-state index is -0.470. The first-order chi connectivity index (χ1) is 12.6. The van der Waals surface area contributed by atoms with Gasteiger partial charge in [0, 0.05) is 5.69 Å². The molecular formula is C17H16FN5O2S. The summed E-state index contributed by atoms with van der Waals surface area (Å²) in [7, 11) is 0. The molecule has 0 spiro atoms. The molecule has 0 bridgehead atoms. The van der Waals surface area contributed by atoms with Gasteiger partial charge in [0.1, 0.15) is 6.61 Å². The molecule has 0 atom stereocenters. The normalized spacial score (nSPS) is 10.5. The summed E-state index contributed by atoms with van der Waals surface area (Å²) in [5.74, 6) is 5.80. The van der Waals surface area contributed by atoms with E-state index in [-0.39, 0.29) is 24.0 Å². The second-order valence-corrected chi connectivity index (χ2v) is 6.13. The number of halogens is 1. The van der Waals surface area contributed by atoms with Crippen LogP contribution in [0.5, 0.6) is 5.75 Å². The number of anilines is 1. The van der Waals surface area contributed by atoms with Crippen molar-refractivity contribution in [1.29, 1.82) is 0 Å². The number of amides is 1. The van der Waals surface area contributed by atoms with Crippen LogP contribution in [0.15, 0.2) is 59.8 Å². The number of para-hydroxylation sites is 2. The van der Waals surface area contributed by atoms with Crippen molar-refractivity contribution in [3.05, 3.63) is 66.2 Å². The zero-order valence-corrected chi connectivity index (χ0v) is 14.4. The summed E-state index contributed by atoms with van der Waals surface area (Å²) in [5.41, 5.74) is 0.714. The van der Waals surface area contributed by atoms with Gasteiger partial charge in [-0.3, -0.25) is 4.79 Å². The highest BCUT2D eigenvalue weighted by Gasteiger charge is 2.13. The Balaban J connectivity index is 1.53. The number of nitrogens with zero attached hydrogens (tertiary/aromatic N) is 3. The maximum atomic E-state index is 13.5. The van der Waals surface area contributed by atoms with Gasteiger partial charge in [0.15, 0.2) is 17.4 Å². The molecule has 3 rings (SSSR count). The van der Waals surface area contributed by atoms with Gasteiger partial charge in [0.05, 0.1) is 5.75 Å². The molecule has 0 saturated carbocycles. The Morgan fingerprint density at radius 1 is 1.15 bits per heavy atom. The average Bonchev–Trinajstić information content (AvgIpc) is 3.00. The number of benzene rings is 2. The number of rotatable bonds is 7. The lowest BCUT2D eigenvalue weighted by molar-refractivity contribution is -0.113. The monoisotopic (exact) mass is 373 g/mol. The highest BCUT2D eigenvalue weighted by atomic mass is 32.2. The lowest BCUT2D eigenvalue weighted by Crippen LogP contribution is -2.18. The number of carbonyl (C=O) groups excluding carboxylic acids is 1. The van der Waals surface area contributed by atoms with E-state index in [1.165, 1.54) is 16.8 Å². The largest absolute Gasteiger partial charge is 0.482 e. The number of aromatic nitrogens is 3.